The minimum atomic E-state index is -0.561. The van der Waals surface area contributed by atoms with E-state index >= 15 is 0 Å². The number of anilines is 1. The Morgan fingerprint density at radius 2 is 1.65 bits per heavy atom. The smallest absolute Gasteiger partial charge is 0.293 e. The number of carbonyl (C=O) groups is 2. The van der Waals surface area contributed by atoms with Crippen LogP contribution in [-0.2, 0) is 11.2 Å². The zero-order chi connectivity index (χ0) is 18.8. The molecule has 2 amide bonds. The molecule has 8 heteroatoms. The van der Waals surface area contributed by atoms with Crippen molar-refractivity contribution in [2.45, 2.75) is 11.7 Å². The predicted octanol–water partition coefficient (Wildman–Crippen LogP) is 4.82. The molecule has 1 atom stereocenters. The predicted molar refractivity (Wildman–Crippen MR) is 104 cm³/mol. The second-order valence-electron chi connectivity index (χ2n) is 5.53. The van der Waals surface area contributed by atoms with E-state index in [0.717, 1.165) is 11.8 Å². The summed E-state index contributed by atoms with van der Waals surface area (Å²) >= 11 is 13.2. The minimum Gasteiger partial charge on any atom is -0.493 e. The average Bonchev–Trinajstić information content (AvgIpc) is 2.90. The first-order chi connectivity index (χ1) is 12.4. The van der Waals surface area contributed by atoms with E-state index in [2.05, 4.69) is 0 Å². The number of hydrogen-bond acceptors (Lipinski definition) is 5. The van der Waals surface area contributed by atoms with Crippen LogP contribution in [-0.4, -0.2) is 30.6 Å². The molecule has 0 bridgehead atoms. The van der Waals surface area contributed by atoms with Crippen LogP contribution in [0.15, 0.2) is 36.4 Å². The number of carbonyl (C=O) groups excluding carboxylic acids is 2. The number of imide groups is 1. The Morgan fingerprint density at radius 3 is 2.27 bits per heavy atom. The molecule has 1 fully saturated rings. The average molecular weight is 412 g/mol. The molecule has 2 aromatic carbocycles. The van der Waals surface area contributed by atoms with Gasteiger partial charge in [-0.1, -0.05) is 35.0 Å². The molecule has 1 aliphatic rings. The van der Waals surface area contributed by atoms with Crippen molar-refractivity contribution in [1.82, 2.24) is 0 Å². The lowest BCUT2D eigenvalue weighted by molar-refractivity contribution is -0.117. The Balaban J connectivity index is 1.84. The number of rotatable bonds is 5. The largest absolute Gasteiger partial charge is 0.493 e. The lowest BCUT2D eigenvalue weighted by Crippen LogP contribution is -2.32. The van der Waals surface area contributed by atoms with Crippen LogP contribution in [0.3, 0.4) is 0 Å². The Hall–Kier alpha value is -1.89. The number of nitrogens with zero attached hydrogens (tertiary/aromatic N) is 1. The number of methoxy groups -OCH3 is 2. The van der Waals surface area contributed by atoms with Gasteiger partial charge in [0, 0.05) is 16.1 Å². The van der Waals surface area contributed by atoms with Gasteiger partial charge in [-0.05, 0) is 42.3 Å². The summed E-state index contributed by atoms with van der Waals surface area (Å²) in [5.74, 6) is 0.738. The SMILES string of the molecule is COc1cc(Cl)c(C[C@@H]2SC(=O)N(c3ccc(Cl)cc3)C2=O)cc1OC. The zero-order valence-corrected chi connectivity index (χ0v) is 16.3. The molecule has 1 aliphatic heterocycles. The van der Waals surface area contributed by atoms with Crippen LogP contribution in [0.1, 0.15) is 5.56 Å². The van der Waals surface area contributed by atoms with Crippen molar-refractivity contribution in [2.24, 2.45) is 0 Å². The lowest BCUT2D eigenvalue weighted by atomic mass is 10.1. The first-order valence-corrected chi connectivity index (χ1v) is 9.28. The normalized spacial score (nSPS) is 16.9. The van der Waals surface area contributed by atoms with Crippen LogP contribution in [0, 0.1) is 0 Å². The van der Waals surface area contributed by atoms with Crippen LogP contribution in [0.5, 0.6) is 11.5 Å². The molecule has 0 radical (unpaired) electrons. The summed E-state index contributed by atoms with van der Waals surface area (Å²) in [7, 11) is 3.05. The molecule has 26 heavy (non-hydrogen) atoms. The van der Waals surface area contributed by atoms with Crippen LogP contribution in [0.4, 0.5) is 10.5 Å². The molecule has 1 heterocycles. The fourth-order valence-corrected chi connectivity index (χ4v) is 4.03. The fraction of sp³-hybridized carbons (Fsp3) is 0.222. The Kier molecular flexibility index (Phi) is 5.65. The molecule has 0 saturated carbocycles. The molecule has 5 nitrogen and oxygen atoms in total. The Bertz CT molecular complexity index is 857. The molecule has 1 saturated heterocycles. The molecule has 0 aromatic heterocycles. The highest BCUT2D eigenvalue weighted by Crippen LogP contribution is 2.38. The first kappa shape index (κ1) is 18.9. The number of halogens is 2. The van der Waals surface area contributed by atoms with Crippen molar-refractivity contribution in [3.8, 4) is 11.5 Å². The van der Waals surface area contributed by atoms with E-state index in [0.29, 0.717) is 39.2 Å². The summed E-state index contributed by atoms with van der Waals surface area (Å²) in [4.78, 5) is 26.3. The highest BCUT2D eigenvalue weighted by molar-refractivity contribution is 8.15. The molecule has 136 valence electrons. The zero-order valence-electron chi connectivity index (χ0n) is 14.0. The maximum Gasteiger partial charge on any atom is 0.293 e. The van der Waals surface area contributed by atoms with E-state index in [1.165, 1.54) is 19.1 Å². The van der Waals surface area contributed by atoms with Crippen molar-refractivity contribution in [2.75, 3.05) is 19.1 Å². The highest BCUT2D eigenvalue weighted by Gasteiger charge is 2.40. The summed E-state index contributed by atoms with van der Waals surface area (Å²) in [5.41, 5.74) is 1.21. The van der Waals surface area contributed by atoms with Gasteiger partial charge in [0.25, 0.3) is 5.24 Å². The lowest BCUT2D eigenvalue weighted by Gasteiger charge is -2.15. The van der Waals surface area contributed by atoms with E-state index in [-0.39, 0.29) is 11.1 Å². The summed E-state index contributed by atoms with van der Waals surface area (Å²) in [6, 6.07) is 9.93. The van der Waals surface area contributed by atoms with E-state index in [1.807, 2.05) is 0 Å². The van der Waals surface area contributed by atoms with Crippen LogP contribution in [0.2, 0.25) is 10.0 Å². The molecule has 0 aliphatic carbocycles. The molecule has 0 spiro atoms. The van der Waals surface area contributed by atoms with Crippen molar-refractivity contribution in [1.29, 1.82) is 0 Å². The van der Waals surface area contributed by atoms with Crippen molar-refractivity contribution in [3.63, 3.8) is 0 Å². The Labute approximate surface area is 165 Å². The van der Waals surface area contributed by atoms with E-state index in [4.69, 9.17) is 32.7 Å². The molecule has 0 unspecified atom stereocenters. The van der Waals surface area contributed by atoms with Gasteiger partial charge in [-0.15, -0.1) is 0 Å². The van der Waals surface area contributed by atoms with E-state index in [9.17, 15) is 9.59 Å². The number of amides is 2. The van der Waals surface area contributed by atoms with Gasteiger partial charge in [-0.2, -0.15) is 0 Å². The van der Waals surface area contributed by atoms with E-state index < -0.39 is 5.25 Å². The van der Waals surface area contributed by atoms with Gasteiger partial charge in [0.2, 0.25) is 5.91 Å². The van der Waals surface area contributed by atoms with Gasteiger partial charge in [-0.25, -0.2) is 4.90 Å². The van der Waals surface area contributed by atoms with Gasteiger partial charge in [0.1, 0.15) is 0 Å². The molecule has 3 rings (SSSR count). The summed E-state index contributed by atoms with van der Waals surface area (Å²) in [6.07, 6.45) is 0.304. The van der Waals surface area contributed by atoms with Crippen molar-refractivity contribution >= 4 is 51.8 Å². The number of benzene rings is 2. The summed E-state index contributed by atoms with van der Waals surface area (Å²) in [5, 5.41) is 0.107. The third-order valence-electron chi connectivity index (χ3n) is 3.96. The van der Waals surface area contributed by atoms with Crippen LogP contribution in [0.25, 0.3) is 0 Å². The molecular formula is C18H15Cl2NO4S. The topological polar surface area (TPSA) is 55.8 Å². The summed E-state index contributed by atoms with van der Waals surface area (Å²) < 4.78 is 10.5. The van der Waals surface area contributed by atoms with Crippen LogP contribution >= 0.6 is 35.0 Å². The van der Waals surface area contributed by atoms with Gasteiger partial charge >= 0.3 is 0 Å². The monoisotopic (exact) mass is 411 g/mol. The first-order valence-electron chi connectivity index (χ1n) is 7.65. The molecule has 0 N–H and O–H groups in total. The van der Waals surface area contributed by atoms with Gasteiger partial charge in [-0.3, -0.25) is 9.59 Å². The standard InChI is InChI=1S/C18H15Cl2NO4S/c1-24-14-7-10(13(20)9-15(14)25-2)8-16-17(22)21(18(23)26-16)12-5-3-11(19)4-6-12/h3-7,9,16H,8H2,1-2H3/t16-/m0/s1. The fourth-order valence-electron chi connectivity index (χ4n) is 2.66. The van der Waals surface area contributed by atoms with Crippen molar-refractivity contribution < 1.29 is 19.1 Å². The minimum absolute atomic E-state index is 0.284. The maximum atomic E-state index is 12.7. The second-order valence-corrected chi connectivity index (χ2v) is 7.52. The third kappa shape index (κ3) is 3.63. The van der Waals surface area contributed by atoms with Gasteiger partial charge in [0.15, 0.2) is 11.5 Å². The number of ether oxygens (including phenoxy) is 2. The van der Waals surface area contributed by atoms with E-state index in [1.54, 1.807) is 36.4 Å². The summed E-state index contributed by atoms with van der Waals surface area (Å²) in [6.45, 7) is 0. The number of hydrogen-bond donors (Lipinski definition) is 0. The van der Waals surface area contributed by atoms with Gasteiger partial charge in [0.05, 0.1) is 25.2 Å². The molecule has 2 aromatic rings. The maximum absolute atomic E-state index is 12.7. The molecular weight excluding hydrogens is 397 g/mol. The third-order valence-corrected chi connectivity index (χ3v) is 5.61. The highest BCUT2D eigenvalue weighted by atomic mass is 35.5. The van der Waals surface area contributed by atoms with Crippen molar-refractivity contribution in [3.05, 3.63) is 52.0 Å². The van der Waals surface area contributed by atoms with Crippen LogP contribution < -0.4 is 14.4 Å². The number of thioether (sulfide) groups is 1. The van der Waals surface area contributed by atoms with Gasteiger partial charge < -0.3 is 9.47 Å². The quantitative estimate of drug-likeness (QED) is 0.705. The second kappa shape index (κ2) is 7.78. The Morgan fingerprint density at radius 1 is 1.04 bits per heavy atom.